The zero-order valence-corrected chi connectivity index (χ0v) is 11.9. The zero-order valence-electron chi connectivity index (χ0n) is 11.9. The molecule has 0 bridgehead atoms. The van der Waals surface area contributed by atoms with Crippen molar-refractivity contribution >= 4 is 0 Å². The van der Waals surface area contributed by atoms with Crippen LogP contribution in [0.3, 0.4) is 0 Å². The van der Waals surface area contributed by atoms with E-state index in [1.54, 1.807) is 0 Å². The van der Waals surface area contributed by atoms with Crippen molar-refractivity contribution in [2.24, 2.45) is 5.73 Å². The summed E-state index contributed by atoms with van der Waals surface area (Å²) in [6.07, 6.45) is 1.90. The van der Waals surface area contributed by atoms with Crippen molar-refractivity contribution in [1.29, 1.82) is 0 Å². The minimum atomic E-state index is 0.293. The number of benzene rings is 2. The molecule has 0 aliphatic carbocycles. The molecule has 1 aliphatic heterocycles. The summed E-state index contributed by atoms with van der Waals surface area (Å²) in [6, 6.07) is 14.0. The summed E-state index contributed by atoms with van der Waals surface area (Å²) < 4.78 is 16.6. The third kappa shape index (κ3) is 3.28. The summed E-state index contributed by atoms with van der Waals surface area (Å²) >= 11 is 0. The topological polar surface area (TPSA) is 53.7 Å². The molecule has 1 heterocycles. The fourth-order valence-electron chi connectivity index (χ4n) is 2.34. The van der Waals surface area contributed by atoms with Crippen molar-refractivity contribution in [2.75, 3.05) is 13.3 Å². The fourth-order valence-corrected chi connectivity index (χ4v) is 2.34. The third-order valence-electron chi connectivity index (χ3n) is 3.45. The van der Waals surface area contributed by atoms with Gasteiger partial charge in [0.05, 0.1) is 0 Å². The Morgan fingerprint density at radius 2 is 1.90 bits per heavy atom. The molecule has 2 aromatic carbocycles. The van der Waals surface area contributed by atoms with Gasteiger partial charge < -0.3 is 19.9 Å². The molecular weight excluding hydrogens is 266 g/mol. The Hall–Kier alpha value is -2.20. The Kier molecular flexibility index (Phi) is 4.26. The van der Waals surface area contributed by atoms with E-state index < -0.39 is 0 Å². The molecular formula is C17H19NO3. The van der Waals surface area contributed by atoms with Crippen molar-refractivity contribution in [3.63, 3.8) is 0 Å². The van der Waals surface area contributed by atoms with Crippen LogP contribution in [0.1, 0.15) is 17.5 Å². The van der Waals surface area contributed by atoms with Gasteiger partial charge in [-0.3, -0.25) is 0 Å². The SMILES string of the molecule is NCCCc1ccccc1OCc1ccc2c(c1)OCO2. The van der Waals surface area contributed by atoms with Crippen molar-refractivity contribution < 1.29 is 14.2 Å². The molecule has 0 atom stereocenters. The molecule has 0 radical (unpaired) electrons. The highest BCUT2D eigenvalue weighted by Gasteiger charge is 2.13. The maximum Gasteiger partial charge on any atom is 0.231 e. The van der Waals surface area contributed by atoms with Crippen LogP contribution in [-0.4, -0.2) is 13.3 Å². The Labute approximate surface area is 124 Å². The second-order valence-corrected chi connectivity index (χ2v) is 4.98. The number of aryl methyl sites for hydroxylation is 1. The predicted octanol–water partition coefficient (Wildman–Crippen LogP) is 2.89. The summed E-state index contributed by atoms with van der Waals surface area (Å²) in [7, 11) is 0. The van der Waals surface area contributed by atoms with Gasteiger partial charge in [-0.2, -0.15) is 0 Å². The van der Waals surface area contributed by atoms with E-state index in [2.05, 4.69) is 6.07 Å². The monoisotopic (exact) mass is 285 g/mol. The molecule has 0 saturated heterocycles. The van der Waals surface area contributed by atoms with Crippen molar-refractivity contribution in [2.45, 2.75) is 19.4 Å². The molecule has 21 heavy (non-hydrogen) atoms. The lowest BCUT2D eigenvalue weighted by molar-refractivity contribution is 0.174. The van der Waals surface area contributed by atoms with Crippen molar-refractivity contribution in [3.05, 3.63) is 53.6 Å². The quantitative estimate of drug-likeness (QED) is 0.886. The third-order valence-corrected chi connectivity index (χ3v) is 3.45. The maximum absolute atomic E-state index is 5.94. The highest BCUT2D eigenvalue weighted by atomic mass is 16.7. The molecule has 3 rings (SSSR count). The van der Waals surface area contributed by atoms with E-state index in [1.165, 1.54) is 5.56 Å². The van der Waals surface area contributed by atoms with Gasteiger partial charge in [-0.05, 0) is 48.7 Å². The number of hydrogen-bond donors (Lipinski definition) is 1. The molecule has 0 fully saturated rings. The summed E-state index contributed by atoms with van der Waals surface area (Å²) in [4.78, 5) is 0. The first-order chi connectivity index (χ1) is 10.4. The lowest BCUT2D eigenvalue weighted by atomic mass is 10.1. The Morgan fingerprint density at radius 1 is 1.05 bits per heavy atom. The van der Waals surface area contributed by atoms with E-state index in [0.29, 0.717) is 19.9 Å². The minimum Gasteiger partial charge on any atom is -0.489 e. The number of rotatable bonds is 6. The van der Waals surface area contributed by atoms with Crippen molar-refractivity contribution in [3.8, 4) is 17.2 Å². The van der Waals surface area contributed by atoms with Gasteiger partial charge in [0.1, 0.15) is 12.4 Å². The molecule has 2 N–H and O–H groups in total. The summed E-state index contributed by atoms with van der Waals surface area (Å²) in [5, 5.41) is 0. The summed E-state index contributed by atoms with van der Waals surface area (Å²) in [5.74, 6) is 2.50. The van der Waals surface area contributed by atoms with E-state index in [-0.39, 0.29) is 0 Å². The van der Waals surface area contributed by atoms with Gasteiger partial charge >= 0.3 is 0 Å². The van der Waals surface area contributed by atoms with Crippen LogP contribution < -0.4 is 19.9 Å². The van der Waals surface area contributed by atoms with E-state index in [9.17, 15) is 0 Å². The van der Waals surface area contributed by atoms with Gasteiger partial charge in [0.2, 0.25) is 6.79 Å². The fraction of sp³-hybridized carbons (Fsp3) is 0.294. The van der Waals surface area contributed by atoms with Gasteiger partial charge in [0.25, 0.3) is 0 Å². The summed E-state index contributed by atoms with van der Waals surface area (Å²) in [6.45, 7) is 1.49. The highest BCUT2D eigenvalue weighted by molar-refractivity contribution is 5.44. The van der Waals surface area contributed by atoms with Crippen LogP contribution in [0.5, 0.6) is 17.2 Å². The van der Waals surface area contributed by atoms with Gasteiger partial charge in [-0.15, -0.1) is 0 Å². The molecule has 110 valence electrons. The molecule has 0 spiro atoms. The first-order valence-electron chi connectivity index (χ1n) is 7.16. The van der Waals surface area contributed by atoms with Crippen LogP contribution >= 0.6 is 0 Å². The molecule has 2 aromatic rings. The standard InChI is InChI=1S/C17H19NO3/c18-9-3-5-14-4-1-2-6-15(14)19-11-13-7-8-16-17(10-13)21-12-20-16/h1-2,4,6-8,10H,3,5,9,11-12,18H2. The maximum atomic E-state index is 5.94. The second-order valence-electron chi connectivity index (χ2n) is 4.98. The number of hydrogen-bond acceptors (Lipinski definition) is 4. The van der Waals surface area contributed by atoms with E-state index in [4.69, 9.17) is 19.9 Å². The van der Waals surface area contributed by atoms with Gasteiger partial charge in [-0.1, -0.05) is 24.3 Å². The zero-order chi connectivity index (χ0) is 14.5. The molecule has 0 amide bonds. The smallest absolute Gasteiger partial charge is 0.231 e. The second kappa shape index (κ2) is 6.50. The molecule has 4 heteroatoms. The lowest BCUT2D eigenvalue weighted by Crippen LogP contribution is -2.03. The molecule has 4 nitrogen and oxygen atoms in total. The van der Waals surface area contributed by atoms with Gasteiger partial charge in [0.15, 0.2) is 11.5 Å². The lowest BCUT2D eigenvalue weighted by Gasteiger charge is -2.11. The highest BCUT2D eigenvalue weighted by Crippen LogP contribution is 2.33. The largest absolute Gasteiger partial charge is 0.489 e. The van der Waals surface area contributed by atoms with Crippen LogP contribution in [0.25, 0.3) is 0 Å². The Balaban J connectivity index is 1.67. The summed E-state index contributed by atoms with van der Waals surface area (Å²) in [5.41, 5.74) is 7.84. The van der Waals surface area contributed by atoms with Gasteiger partial charge in [-0.25, -0.2) is 0 Å². The predicted molar refractivity (Wildman–Crippen MR) is 80.7 cm³/mol. The van der Waals surface area contributed by atoms with Crippen LogP contribution in [0, 0.1) is 0 Å². The van der Waals surface area contributed by atoms with Crippen LogP contribution in [0.15, 0.2) is 42.5 Å². The van der Waals surface area contributed by atoms with Crippen molar-refractivity contribution in [1.82, 2.24) is 0 Å². The van der Waals surface area contributed by atoms with Crippen LogP contribution in [-0.2, 0) is 13.0 Å². The van der Waals surface area contributed by atoms with Crippen LogP contribution in [0.2, 0.25) is 0 Å². The van der Waals surface area contributed by atoms with Gasteiger partial charge in [0, 0.05) is 0 Å². The molecule has 0 aromatic heterocycles. The first kappa shape index (κ1) is 13.8. The van der Waals surface area contributed by atoms with E-state index in [1.807, 2.05) is 36.4 Å². The molecule has 0 unspecified atom stereocenters. The van der Waals surface area contributed by atoms with E-state index in [0.717, 1.165) is 35.7 Å². The average molecular weight is 285 g/mol. The Bertz CT molecular complexity index is 613. The number of para-hydroxylation sites is 1. The number of nitrogens with two attached hydrogens (primary N) is 1. The number of fused-ring (bicyclic) bond motifs is 1. The molecule has 1 aliphatic rings. The molecule has 0 saturated carbocycles. The normalized spacial score (nSPS) is 12.4. The average Bonchev–Trinajstić information content (AvgIpc) is 2.99. The van der Waals surface area contributed by atoms with Crippen LogP contribution in [0.4, 0.5) is 0 Å². The minimum absolute atomic E-state index is 0.293. The first-order valence-corrected chi connectivity index (χ1v) is 7.16. The van der Waals surface area contributed by atoms with E-state index >= 15 is 0 Å². The number of ether oxygens (including phenoxy) is 3. The Morgan fingerprint density at radius 3 is 2.81 bits per heavy atom.